The minimum absolute atomic E-state index is 0.828. The highest BCUT2D eigenvalue weighted by atomic mass is 32.1. The Hall–Kier alpha value is 0.350. The Labute approximate surface area is 82.5 Å². The van der Waals surface area contributed by atoms with E-state index in [-0.39, 0.29) is 0 Å². The smallest absolute Gasteiger partial charge is 0.00695 e. The van der Waals surface area contributed by atoms with Crippen molar-refractivity contribution in [3.8, 4) is 0 Å². The molecule has 72 valence electrons. The fourth-order valence-corrected chi connectivity index (χ4v) is 2.62. The summed E-state index contributed by atoms with van der Waals surface area (Å²) in [6, 6.07) is 0. The van der Waals surface area contributed by atoms with Crippen molar-refractivity contribution in [2.75, 3.05) is 5.75 Å². The maximum atomic E-state index is 4.39. The normalized spacial score (nSPS) is 34.2. The van der Waals surface area contributed by atoms with Gasteiger partial charge in [0.25, 0.3) is 0 Å². The van der Waals surface area contributed by atoms with Crippen LogP contribution in [0.25, 0.3) is 0 Å². The Balaban J connectivity index is 2.40. The third-order valence-electron chi connectivity index (χ3n) is 3.32. The van der Waals surface area contributed by atoms with Gasteiger partial charge in [-0.25, -0.2) is 0 Å². The monoisotopic (exact) mass is 186 g/mol. The lowest BCUT2D eigenvalue weighted by molar-refractivity contribution is 0.313. The van der Waals surface area contributed by atoms with E-state index in [0.717, 1.165) is 23.5 Å². The first kappa shape index (κ1) is 10.4. The van der Waals surface area contributed by atoms with E-state index in [9.17, 15) is 0 Å². The van der Waals surface area contributed by atoms with Crippen molar-refractivity contribution in [2.45, 2.75) is 46.0 Å². The van der Waals surface area contributed by atoms with E-state index in [4.69, 9.17) is 0 Å². The minimum Gasteiger partial charge on any atom is -0.179 e. The summed E-state index contributed by atoms with van der Waals surface area (Å²) >= 11 is 4.39. The van der Waals surface area contributed by atoms with Crippen molar-refractivity contribution >= 4 is 12.6 Å². The van der Waals surface area contributed by atoms with Crippen LogP contribution in [0.3, 0.4) is 0 Å². The number of hydrogen-bond acceptors (Lipinski definition) is 1. The lowest BCUT2D eigenvalue weighted by Gasteiger charge is -2.22. The van der Waals surface area contributed by atoms with Gasteiger partial charge in [-0.3, -0.25) is 0 Å². The molecule has 0 bridgehead atoms. The fraction of sp³-hybridized carbons (Fsp3) is 1.00. The van der Waals surface area contributed by atoms with Gasteiger partial charge in [-0.05, 0) is 29.9 Å². The molecule has 0 radical (unpaired) electrons. The Morgan fingerprint density at radius 2 is 2.00 bits per heavy atom. The molecule has 1 aliphatic rings. The molecule has 1 saturated carbocycles. The molecule has 0 aromatic carbocycles. The highest BCUT2D eigenvalue weighted by molar-refractivity contribution is 7.80. The first-order chi connectivity index (χ1) is 5.74. The Morgan fingerprint density at radius 3 is 2.67 bits per heavy atom. The molecule has 1 fully saturated rings. The van der Waals surface area contributed by atoms with Gasteiger partial charge in [0.15, 0.2) is 0 Å². The number of thiol groups is 1. The predicted octanol–water partition coefficient (Wildman–Crippen LogP) is 3.77. The lowest BCUT2D eigenvalue weighted by atomic mass is 9.86. The SMILES string of the molecule is CC1CCCCC(C(C)CS)C1. The summed E-state index contributed by atoms with van der Waals surface area (Å²) in [6.07, 6.45) is 7.26. The molecule has 1 rings (SSSR count). The van der Waals surface area contributed by atoms with Gasteiger partial charge in [-0.15, -0.1) is 0 Å². The fourth-order valence-electron chi connectivity index (χ4n) is 2.32. The van der Waals surface area contributed by atoms with Crippen molar-refractivity contribution in [1.29, 1.82) is 0 Å². The molecule has 0 nitrogen and oxygen atoms in total. The summed E-state index contributed by atoms with van der Waals surface area (Å²) in [7, 11) is 0. The van der Waals surface area contributed by atoms with Crippen molar-refractivity contribution in [2.24, 2.45) is 17.8 Å². The van der Waals surface area contributed by atoms with Gasteiger partial charge in [0.2, 0.25) is 0 Å². The Bertz CT molecular complexity index is 122. The average molecular weight is 186 g/mol. The maximum absolute atomic E-state index is 4.39. The molecule has 0 saturated heterocycles. The highest BCUT2D eigenvalue weighted by Crippen LogP contribution is 2.32. The van der Waals surface area contributed by atoms with Crippen LogP contribution in [0.4, 0.5) is 0 Å². The summed E-state index contributed by atoms with van der Waals surface area (Å²) in [5.74, 6) is 3.81. The zero-order valence-corrected chi connectivity index (χ0v) is 9.32. The van der Waals surface area contributed by atoms with Crippen molar-refractivity contribution in [1.82, 2.24) is 0 Å². The molecule has 0 aliphatic heterocycles. The molecule has 0 aromatic heterocycles. The summed E-state index contributed by atoms with van der Waals surface area (Å²) in [5.41, 5.74) is 0. The first-order valence-corrected chi connectivity index (χ1v) is 5.98. The van der Waals surface area contributed by atoms with Gasteiger partial charge in [0.1, 0.15) is 0 Å². The lowest BCUT2D eigenvalue weighted by Crippen LogP contribution is -2.14. The van der Waals surface area contributed by atoms with Crippen LogP contribution >= 0.6 is 12.6 Å². The minimum atomic E-state index is 0.828. The molecular weight excluding hydrogens is 164 g/mol. The van der Waals surface area contributed by atoms with E-state index in [0.29, 0.717) is 0 Å². The second-order valence-corrected chi connectivity index (χ2v) is 4.91. The van der Waals surface area contributed by atoms with Gasteiger partial charge in [-0.1, -0.05) is 39.5 Å². The topological polar surface area (TPSA) is 0 Å². The van der Waals surface area contributed by atoms with E-state index >= 15 is 0 Å². The summed E-state index contributed by atoms with van der Waals surface area (Å²) in [5, 5.41) is 0. The van der Waals surface area contributed by atoms with Crippen LogP contribution < -0.4 is 0 Å². The zero-order valence-electron chi connectivity index (χ0n) is 8.42. The molecule has 1 aliphatic carbocycles. The molecule has 3 unspecified atom stereocenters. The van der Waals surface area contributed by atoms with Crippen LogP contribution in [0.2, 0.25) is 0 Å². The molecule has 1 heteroatoms. The zero-order chi connectivity index (χ0) is 8.97. The van der Waals surface area contributed by atoms with Gasteiger partial charge in [0, 0.05) is 0 Å². The highest BCUT2D eigenvalue weighted by Gasteiger charge is 2.21. The van der Waals surface area contributed by atoms with Crippen LogP contribution in [0.1, 0.15) is 46.0 Å². The Kier molecular flexibility index (Phi) is 4.49. The third kappa shape index (κ3) is 3.01. The third-order valence-corrected chi connectivity index (χ3v) is 3.90. The van der Waals surface area contributed by atoms with Gasteiger partial charge in [-0.2, -0.15) is 12.6 Å². The summed E-state index contributed by atoms with van der Waals surface area (Å²) in [6.45, 7) is 4.76. The van der Waals surface area contributed by atoms with Crippen LogP contribution in [-0.4, -0.2) is 5.75 Å². The second-order valence-electron chi connectivity index (χ2n) is 4.55. The standard InChI is InChI=1S/C11H22S/c1-9-5-3-4-6-11(7-9)10(2)8-12/h9-12H,3-8H2,1-2H3. The van der Waals surface area contributed by atoms with Gasteiger partial charge in [0.05, 0.1) is 0 Å². The van der Waals surface area contributed by atoms with Crippen LogP contribution in [0.5, 0.6) is 0 Å². The average Bonchev–Trinajstić information content (AvgIpc) is 2.28. The molecule has 0 heterocycles. The second kappa shape index (κ2) is 5.16. The quantitative estimate of drug-likeness (QED) is 0.492. The molecule has 0 spiro atoms. The van der Waals surface area contributed by atoms with Crippen molar-refractivity contribution < 1.29 is 0 Å². The largest absolute Gasteiger partial charge is 0.179 e. The van der Waals surface area contributed by atoms with E-state index in [1.807, 2.05) is 0 Å². The van der Waals surface area contributed by atoms with E-state index in [1.54, 1.807) is 0 Å². The Morgan fingerprint density at radius 1 is 1.33 bits per heavy atom. The molecule has 0 aromatic rings. The molecule has 12 heavy (non-hydrogen) atoms. The van der Waals surface area contributed by atoms with Gasteiger partial charge >= 0.3 is 0 Å². The van der Waals surface area contributed by atoms with E-state index < -0.39 is 0 Å². The summed E-state index contributed by atoms with van der Waals surface area (Å²) < 4.78 is 0. The molecular formula is C11H22S. The van der Waals surface area contributed by atoms with Gasteiger partial charge < -0.3 is 0 Å². The molecule has 0 amide bonds. The van der Waals surface area contributed by atoms with Crippen LogP contribution in [-0.2, 0) is 0 Å². The van der Waals surface area contributed by atoms with Crippen LogP contribution in [0.15, 0.2) is 0 Å². The van der Waals surface area contributed by atoms with E-state index in [1.165, 1.54) is 32.1 Å². The van der Waals surface area contributed by atoms with Crippen molar-refractivity contribution in [3.05, 3.63) is 0 Å². The predicted molar refractivity (Wildman–Crippen MR) is 58.8 cm³/mol. The van der Waals surface area contributed by atoms with Crippen molar-refractivity contribution in [3.63, 3.8) is 0 Å². The van der Waals surface area contributed by atoms with E-state index in [2.05, 4.69) is 26.5 Å². The molecule has 3 atom stereocenters. The number of hydrogen-bond donors (Lipinski definition) is 1. The summed E-state index contributed by atoms with van der Waals surface area (Å²) in [4.78, 5) is 0. The maximum Gasteiger partial charge on any atom is -0.00695 e. The molecule has 0 N–H and O–H groups in total. The first-order valence-electron chi connectivity index (χ1n) is 5.35. The number of rotatable bonds is 2. The van der Waals surface area contributed by atoms with Crippen LogP contribution in [0, 0.1) is 17.8 Å².